The number of Topliss-reactive ketones (excluding diaryl/α,β-unsaturated/α-hetero) is 1. The van der Waals surface area contributed by atoms with Crippen LogP contribution in [0.25, 0.3) is 0 Å². The predicted octanol–water partition coefficient (Wildman–Crippen LogP) is 4.29. The van der Waals surface area contributed by atoms with Crippen LogP contribution in [0.4, 0.5) is 5.69 Å². The lowest BCUT2D eigenvalue weighted by atomic mass is 9.87. The maximum absolute atomic E-state index is 10.8. The number of piperazine rings is 1. The highest BCUT2D eigenvalue weighted by Crippen LogP contribution is 2.23. The lowest BCUT2D eigenvalue weighted by molar-refractivity contribution is -0.121. The first-order chi connectivity index (χ1) is 11.6. The highest BCUT2D eigenvalue weighted by molar-refractivity contribution is 5.78. The fourth-order valence-corrected chi connectivity index (χ4v) is 3.73. The molecule has 0 bridgehead atoms. The van der Waals surface area contributed by atoms with E-state index in [9.17, 15) is 4.79 Å². The standard InChI is InChI=1S/C13H20N2.C8H14O/c1-3-14-8-10-15(11-9-14)13-7-5-4-6-12(13)2;1-7(9)8-5-3-2-4-6-8/h4-7H,3,8-11H2,1-2H3;8H,2-6H2,1H3. The molecule has 0 aromatic heterocycles. The summed E-state index contributed by atoms with van der Waals surface area (Å²) < 4.78 is 0. The first-order valence-corrected chi connectivity index (χ1v) is 9.65. The van der Waals surface area contributed by atoms with Crippen LogP contribution in [0.1, 0.15) is 51.5 Å². The van der Waals surface area contributed by atoms with Crippen molar-refractivity contribution in [2.45, 2.75) is 52.9 Å². The van der Waals surface area contributed by atoms with Gasteiger partial charge in [-0.05, 0) is 44.9 Å². The predicted molar refractivity (Wildman–Crippen MR) is 103 cm³/mol. The molecule has 1 aliphatic carbocycles. The number of nitrogens with zero attached hydrogens (tertiary/aromatic N) is 2. The summed E-state index contributed by atoms with van der Waals surface area (Å²) in [6.07, 6.45) is 6.17. The van der Waals surface area contributed by atoms with Crippen molar-refractivity contribution >= 4 is 11.5 Å². The quantitative estimate of drug-likeness (QED) is 0.826. The van der Waals surface area contributed by atoms with Gasteiger partial charge in [-0.2, -0.15) is 0 Å². The van der Waals surface area contributed by atoms with E-state index in [1.165, 1.54) is 63.2 Å². The minimum absolute atomic E-state index is 0.398. The largest absolute Gasteiger partial charge is 0.369 e. The van der Waals surface area contributed by atoms with Crippen LogP contribution in [0.5, 0.6) is 0 Å². The van der Waals surface area contributed by atoms with Crippen molar-refractivity contribution in [2.24, 2.45) is 5.92 Å². The molecule has 1 heterocycles. The molecule has 1 aliphatic heterocycles. The number of para-hydroxylation sites is 1. The third-order valence-electron chi connectivity index (χ3n) is 5.46. The third kappa shape index (κ3) is 5.62. The number of ketones is 1. The van der Waals surface area contributed by atoms with Crippen molar-refractivity contribution < 1.29 is 4.79 Å². The molecule has 1 aromatic carbocycles. The van der Waals surface area contributed by atoms with E-state index >= 15 is 0 Å². The molecule has 2 aliphatic rings. The first-order valence-electron chi connectivity index (χ1n) is 9.65. The second-order valence-electron chi connectivity index (χ2n) is 7.15. The van der Waals surface area contributed by atoms with E-state index in [-0.39, 0.29) is 0 Å². The molecule has 1 aromatic rings. The van der Waals surface area contributed by atoms with Gasteiger partial charge in [0.15, 0.2) is 0 Å². The number of likely N-dealkylation sites (N-methyl/N-ethyl adjacent to an activating group) is 1. The Kier molecular flexibility index (Phi) is 7.77. The maximum Gasteiger partial charge on any atom is 0.132 e. The Morgan fingerprint density at radius 3 is 2.17 bits per heavy atom. The first kappa shape index (κ1) is 19.0. The molecule has 0 atom stereocenters. The van der Waals surface area contributed by atoms with Crippen LogP contribution in [0.2, 0.25) is 0 Å². The van der Waals surface area contributed by atoms with Crippen LogP contribution >= 0.6 is 0 Å². The van der Waals surface area contributed by atoms with E-state index in [0.29, 0.717) is 11.7 Å². The molecule has 0 spiro atoms. The Morgan fingerprint density at radius 2 is 1.67 bits per heavy atom. The van der Waals surface area contributed by atoms with Gasteiger partial charge in [-0.25, -0.2) is 0 Å². The van der Waals surface area contributed by atoms with Crippen LogP contribution in [0.15, 0.2) is 24.3 Å². The number of hydrogen-bond donors (Lipinski definition) is 0. The molecule has 3 heteroatoms. The summed E-state index contributed by atoms with van der Waals surface area (Å²) in [6.45, 7) is 12.1. The summed E-state index contributed by atoms with van der Waals surface area (Å²) in [4.78, 5) is 15.8. The van der Waals surface area contributed by atoms with Gasteiger partial charge in [0.2, 0.25) is 0 Å². The number of anilines is 1. The van der Waals surface area contributed by atoms with Gasteiger partial charge in [0.25, 0.3) is 0 Å². The van der Waals surface area contributed by atoms with Gasteiger partial charge < -0.3 is 9.80 Å². The number of hydrogen-bond acceptors (Lipinski definition) is 3. The summed E-state index contributed by atoms with van der Waals surface area (Å²) in [5.74, 6) is 0.813. The van der Waals surface area contributed by atoms with Gasteiger partial charge in [0.1, 0.15) is 5.78 Å². The van der Waals surface area contributed by atoms with Gasteiger partial charge >= 0.3 is 0 Å². The van der Waals surface area contributed by atoms with Crippen molar-refractivity contribution in [1.29, 1.82) is 0 Å². The van der Waals surface area contributed by atoms with E-state index in [0.717, 1.165) is 12.8 Å². The minimum atomic E-state index is 0.398. The topological polar surface area (TPSA) is 23.6 Å². The van der Waals surface area contributed by atoms with Crippen LogP contribution in [0.3, 0.4) is 0 Å². The smallest absolute Gasteiger partial charge is 0.132 e. The highest BCUT2D eigenvalue weighted by atomic mass is 16.1. The van der Waals surface area contributed by atoms with Gasteiger partial charge in [-0.1, -0.05) is 44.4 Å². The number of benzene rings is 1. The summed E-state index contributed by atoms with van der Waals surface area (Å²) in [7, 11) is 0. The Bertz CT molecular complexity index is 500. The van der Waals surface area contributed by atoms with E-state index in [1.54, 1.807) is 6.92 Å². The van der Waals surface area contributed by atoms with Crippen molar-refractivity contribution in [2.75, 3.05) is 37.6 Å². The van der Waals surface area contributed by atoms with Crippen molar-refractivity contribution in [3.05, 3.63) is 29.8 Å². The fourth-order valence-electron chi connectivity index (χ4n) is 3.73. The number of carbonyl (C=O) groups excluding carboxylic acids is 1. The molecule has 0 unspecified atom stereocenters. The zero-order valence-corrected chi connectivity index (χ0v) is 15.8. The second kappa shape index (κ2) is 9.83. The lowest BCUT2D eigenvalue weighted by Crippen LogP contribution is -2.46. The molecule has 0 amide bonds. The van der Waals surface area contributed by atoms with Crippen LogP contribution in [0, 0.1) is 12.8 Å². The average molecular weight is 331 g/mol. The summed E-state index contributed by atoms with van der Waals surface area (Å²) >= 11 is 0. The molecule has 3 rings (SSSR count). The zero-order valence-electron chi connectivity index (χ0n) is 15.8. The van der Waals surface area contributed by atoms with Gasteiger partial charge in [-0.15, -0.1) is 0 Å². The SMILES string of the molecule is CC(=O)C1CCCCC1.CCN1CCN(c2ccccc2C)CC1. The van der Waals surface area contributed by atoms with Crippen molar-refractivity contribution in [1.82, 2.24) is 4.90 Å². The number of rotatable bonds is 3. The molecular formula is C21H34N2O. The summed E-state index contributed by atoms with van der Waals surface area (Å²) in [6, 6.07) is 8.67. The average Bonchev–Trinajstić information content (AvgIpc) is 2.63. The van der Waals surface area contributed by atoms with Gasteiger partial charge in [0.05, 0.1) is 0 Å². The highest BCUT2D eigenvalue weighted by Gasteiger charge is 2.17. The van der Waals surface area contributed by atoms with E-state index in [4.69, 9.17) is 0 Å². The van der Waals surface area contributed by atoms with Gasteiger partial charge in [-0.3, -0.25) is 4.79 Å². The minimum Gasteiger partial charge on any atom is -0.369 e. The molecule has 2 fully saturated rings. The van der Waals surface area contributed by atoms with Gasteiger partial charge in [0, 0.05) is 37.8 Å². The molecule has 134 valence electrons. The third-order valence-corrected chi connectivity index (χ3v) is 5.46. The summed E-state index contributed by atoms with van der Waals surface area (Å²) in [5.41, 5.74) is 2.80. The molecule has 0 radical (unpaired) electrons. The Labute approximate surface area is 148 Å². The lowest BCUT2D eigenvalue weighted by Gasteiger charge is -2.36. The summed E-state index contributed by atoms with van der Waals surface area (Å²) in [5, 5.41) is 0. The maximum atomic E-state index is 10.8. The normalized spacial score (nSPS) is 19.5. The Morgan fingerprint density at radius 1 is 1.04 bits per heavy atom. The molecule has 24 heavy (non-hydrogen) atoms. The van der Waals surface area contributed by atoms with Crippen LogP contribution < -0.4 is 4.90 Å². The molecular weight excluding hydrogens is 296 g/mol. The molecule has 3 nitrogen and oxygen atoms in total. The molecule has 1 saturated heterocycles. The fraction of sp³-hybridized carbons (Fsp3) is 0.667. The Balaban J connectivity index is 0.000000198. The molecule has 1 saturated carbocycles. The number of aryl methyl sites for hydroxylation is 1. The van der Waals surface area contributed by atoms with Crippen molar-refractivity contribution in [3.63, 3.8) is 0 Å². The zero-order chi connectivity index (χ0) is 17.4. The van der Waals surface area contributed by atoms with E-state index in [1.807, 2.05) is 0 Å². The monoisotopic (exact) mass is 330 g/mol. The van der Waals surface area contributed by atoms with Crippen LogP contribution in [-0.2, 0) is 4.79 Å². The van der Waals surface area contributed by atoms with E-state index < -0.39 is 0 Å². The van der Waals surface area contributed by atoms with E-state index in [2.05, 4.69) is 47.9 Å². The van der Waals surface area contributed by atoms with Crippen molar-refractivity contribution in [3.8, 4) is 0 Å². The number of carbonyl (C=O) groups is 1. The molecule has 0 N–H and O–H groups in total. The van der Waals surface area contributed by atoms with Crippen LogP contribution in [-0.4, -0.2) is 43.4 Å². The second-order valence-corrected chi connectivity index (χ2v) is 7.15. The Hall–Kier alpha value is -1.35.